The van der Waals surface area contributed by atoms with Gasteiger partial charge in [-0.2, -0.15) is 4.98 Å². The van der Waals surface area contributed by atoms with E-state index in [2.05, 4.69) is 32.0 Å². The maximum absolute atomic E-state index is 10.7. The predicted octanol–water partition coefficient (Wildman–Crippen LogP) is 5.01. The number of rotatable bonds is 6. The Morgan fingerprint density at radius 1 is 1.12 bits per heavy atom. The third-order valence-corrected chi connectivity index (χ3v) is 5.70. The van der Waals surface area contributed by atoms with Crippen LogP contribution in [0.5, 0.6) is 11.8 Å². The average molecular weight is 477 g/mol. The van der Waals surface area contributed by atoms with Gasteiger partial charge in [0.1, 0.15) is 5.75 Å². The van der Waals surface area contributed by atoms with Gasteiger partial charge in [-0.15, -0.1) is 0 Å². The van der Waals surface area contributed by atoms with E-state index < -0.39 is 5.97 Å². The number of carbonyl (C=O) groups is 1. The fourth-order valence-corrected chi connectivity index (χ4v) is 4.02. The number of hydrogen-bond acceptors (Lipinski definition) is 6. The fraction of sp³-hybridized carbons (Fsp3) is 0.160. The van der Waals surface area contributed by atoms with Gasteiger partial charge in [-0.1, -0.05) is 35.9 Å². The number of H-pyrrole nitrogens is 1. The number of morpholine rings is 1. The number of benzene rings is 2. The molecule has 1 aliphatic rings. The van der Waals surface area contributed by atoms with Gasteiger partial charge in [-0.05, 0) is 42.0 Å². The lowest BCUT2D eigenvalue weighted by atomic mass is 10.1. The van der Waals surface area contributed by atoms with Crippen LogP contribution in [0.15, 0.2) is 60.7 Å². The number of halogens is 1. The average Bonchev–Trinajstić information content (AvgIpc) is 3.24. The van der Waals surface area contributed by atoms with Crippen LogP contribution in [0.25, 0.3) is 28.5 Å². The third kappa shape index (κ3) is 4.88. The predicted molar refractivity (Wildman–Crippen MR) is 131 cm³/mol. The number of anilines is 1. The van der Waals surface area contributed by atoms with E-state index in [-0.39, 0.29) is 6.01 Å². The van der Waals surface area contributed by atoms with Crippen LogP contribution in [0.4, 0.5) is 5.69 Å². The van der Waals surface area contributed by atoms with Gasteiger partial charge in [-0.3, -0.25) is 0 Å². The quantitative estimate of drug-likeness (QED) is 0.377. The second-order valence-corrected chi connectivity index (χ2v) is 8.13. The minimum atomic E-state index is -1.02. The van der Waals surface area contributed by atoms with E-state index in [4.69, 9.17) is 26.2 Å². The number of pyridine rings is 1. The molecule has 3 heterocycles. The largest absolute Gasteiger partial charge is 0.478 e. The van der Waals surface area contributed by atoms with Crippen molar-refractivity contribution in [3.8, 4) is 23.0 Å². The zero-order valence-corrected chi connectivity index (χ0v) is 18.8. The molecule has 0 aliphatic carbocycles. The molecule has 0 radical (unpaired) electrons. The van der Waals surface area contributed by atoms with Gasteiger partial charge in [-0.25, -0.2) is 9.78 Å². The molecule has 0 amide bonds. The molecule has 0 unspecified atom stereocenters. The first-order chi connectivity index (χ1) is 16.5. The molecule has 0 bridgehead atoms. The molecular formula is C25H21ClN4O4. The van der Waals surface area contributed by atoms with E-state index in [1.54, 1.807) is 30.3 Å². The summed E-state index contributed by atoms with van der Waals surface area (Å²) in [4.78, 5) is 25.2. The highest BCUT2D eigenvalue weighted by atomic mass is 35.5. The molecule has 8 nitrogen and oxygen atoms in total. The molecule has 1 aliphatic heterocycles. The molecule has 0 spiro atoms. The zero-order valence-electron chi connectivity index (χ0n) is 18.1. The van der Waals surface area contributed by atoms with Crippen LogP contribution in [-0.4, -0.2) is 52.3 Å². The number of aliphatic carboxylic acids is 1. The van der Waals surface area contributed by atoms with Crippen LogP contribution in [-0.2, 0) is 9.53 Å². The molecule has 2 N–H and O–H groups in total. The molecule has 5 rings (SSSR count). The first-order valence-corrected chi connectivity index (χ1v) is 11.1. The first kappa shape index (κ1) is 21.9. The number of aromatic nitrogens is 3. The summed E-state index contributed by atoms with van der Waals surface area (Å²) < 4.78 is 11.3. The number of nitrogens with zero attached hydrogens (tertiary/aromatic N) is 3. The van der Waals surface area contributed by atoms with Crippen LogP contribution >= 0.6 is 11.6 Å². The summed E-state index contributed by atoms with van der Waals surface area (Å²) in [6, 6.07) is 17.2. The van der Waals surface area contributed by atoms with Crippen molar-refractivity contribution in [3.05, 3.63) is 71.3 Å². The maximum Gasteiger partial charge on any atom is 0.328 e. The second-order valence-electron chi connectivity index (χ2n) is 7.72. The summed E-state index contributed by atoms with van der Waals surface area (Å²) in [5.41, 5.74) is 4.50. The van der Waals surface area contributed by atoms with Crippen molar-refractivity contribution >= 4 is 40.5 Å². The fourth-order valence-electron chi connectivity index (χ4n) is 3.76. The molecule has 172 valence electrons. The number of carboxylic acid groups (broad SMARTS) is 1. The lowest BCUT2D eigenvalue weighted by Crippen LogP contribution is -2.36. The number of carboxylic acids is 1. The van der Waals surface area contributed by atoms with Crippen LogP contribution < -0.4 is 9.64 Å². The number of ether oxygens (including phenoxy) is 2. The van der Waals surface area contributed by atoms with E-state index in [0.717, 1.165) is 43.6 Å². The zero-order chi connectivity index (χ0) is 23.5. The Balaban J connectivity index is 1.38. The van der Waals surface area contributed by atoms with Crippen LogP contribution in [0.3, 0.4) is 0 Å². The van der Waals surface area contributed by atoms with Crippen molar-refractivity contribution in [3.63, 3.8) is 0 Å². The number of hydrogen-bond donors (Lipinski definition) is 2. The Morgan fingerprint density at radius 3 is 2.68 bits per heavy atom. The van der Waals surface area contributed by atoms with E-state index in [1.165, 1.54) is 6.08 Å². The Kier molecular flexibility index (Phi) is 6.16. The lowest BCUT2D eigenvalue weighted by Gasteiger charge is -2.28. The summed E-state index contributed by atoms with van der Waals surface area (Å²) in [6.07, 6.45) is 2.56. The van der Waals surface area contributed by atoms with Crippen LogP contribution in [0.2, 0.25) is 5.02 Å². The molecule has 1 fully saturated rings. The van der Waals surface area contributed by atoms with Crippen LogP contribution in [0.1, 0.15) is 5.56 Å². The number of imidazole rings is 1. The highest BCUT2D eigenvalue weighted by Crippen LogP contribution is 2.31. The molecule has 0 atom stereocenters. The minimum absolute atomic E-state index is 0.262. The maximum atomic E-state index is 10.7. The van der Waals surface area contributed by atoms with Gasteiger partial charge < -0.3 is 24.5 Å². The second kappa shape index (κ2) is 9.54. The molecule has 9 heteroatoms. The first-order valence-electron chi connectivity index (χ1n) is 10.7. The monoisotopic (exact) mass is 476 g/mol. The van der Waals surface area contributed by atoms with Crippen LogP contribution in [0, 0.1) is 0 Å². The highest BCUT2D eigenvalue weighted by molar-refractivity contribution is 6.33. The molecule has 4 aromatic rings. The van der Waals surface area contributed by atoms with Gasteiger partial charge in [0.15, 0.2) is 5.65 Å². The van der Waals surface area contributed by atoms with Crippen molar-refractivity contribution in [1.82, 2.24) is 15.0 Å². The molecular weight excluding hydrogens is 456 g/mol. The van der Waals surface area contributed by atoms with E-state index in [0.29, 0.717) is 33.2 Å². The molecule has 0 saturated carbocycles. The van der Waals surface area contributed by atoms with Gasteiger partial charge in [0.25, 0.3) is 0 Å². The molecule has 1 saturated heterocycles. The van der Waals surface area contributed by atoms with Gasteiger partial charge in [0.2, 0.25) is 0 Å². The van der Waals surface area contributed by atoms with Crippen molar-refractivity contribution in [1.29, 1.82) is 0 Å². The van der Waals surface area contributed by atoms with Crippen molar-refractivity contribution in [2.24, 2.45) is 0 Å². The van der Waals surface area contributed by atoms with Gasteiger partial charge >= 0.3 is 12.0 Å². The smallest absolute Gasteiger partial charge is 0.328 e. The molecule has 2 aromatic heterocycles. The normalized spacial score (nSPS) is 14.1. The van der Waals surface area contributed by atoms with Crippen molar-refractivity contribution in [2.75, 3.05) is 31.2 Å². The number of nitrogens with one attached hydrogen (secondary N) is 1. The SMILES string of the molecule is O=C(O)C=Cc1cccc(Oc2nc3nc(-c4ccc(N5CCOCC5)cc4)c(Cl)cc3[nH]2)c1. The topological polar surface area (TPSA) is 101 Å². The Morgan fingerprint density at radius 2 is 1.91 bits per heavy atom. The van der Waals surface area contributed by atoms with E-state index >= 15 is 0 Å². The standard InChI is InChI=1S/C25H21ClN4O4/c26-20-15-21-24(28-23(20)17-5-7-18(8-6-17)30-10-12-33-13-11-30)29-25(27-21)34-19-3-1-2-16(14-19)4-9-22(31)32/h1-9,14-15H,10-13H2,(H,31,32)(H,27,28,29). The lowest BCUT2D eigenvalue weighted by molar-refractivity contribution is -0.131. The Bertz CT molecular complexity index is 1360. The van der Waals surface area contributed by atoms with E-state index in [1.807, 2.05) is 12.1 Å². The Hall–Kier alpha value is -3.88. The summed E-state index contributed by atoms with van der Waals surface area (Å²) in [6.45, 7) is 3.22. The summed E-state index contributed by atoms with van der Waals surface area (Å²) in [5, 5.41) is 9.31. The van der Waals surface area contributed by atoms with Crippen molar-refractivity contribution < 1.29 is 19.4 Å². The Labute approximate surface area is 200 Å². The van der Waals surface area contributed by atoms with Crippen molar-refractivity contribution in [2.45, 2.75) is 0 Å². The third-order valence-electron chi connectivity index (χ3n) is 5.41. The number of fused-ring (bicyclic) bond motifs is 1. The summed E-state index contributed by atoms with van der Waals surface area (Å²) in [5.74, 6) is -0.505. The van der Waals surface area contributed by atoms with Gasteiger partial charge in [0.05, 0.1) is 29.4 Å². The molecule has 34 heavy (non-hydrogen) atoms. The molecule has 2 aromatic carbocycles. The number of aromatic amines is 1. The van der Waals surface area contributed by atoms with Gasteiger partial charge in [0, 0.05) is 30.4 Å². The highest BCUT2D eigenvalue weighted by Gasteiger charge is 2.15. The van der Waals surface area contributed by atoms with E-state index in [9.17, 15) is 4.79 Å². The summed E-state index contributed by atoms with van der Waals surface area (Å²) >= 11 is 6.54. The summed E-state index contributed by atoms with van der Waals surface area (Å²) in [7, 11) is 0. The minimum Gasteiger partial charge on any atom is -0.478 e.